The Morgan fingerprint density at radius 2 is 2.00 bits per heavy atom. The van der Waals surface area contributed by atoms with Crippen LogP contribution < -0.4 is 0 Å². The Morgan fingerprint density at radius 3 is 2.53 bits per heavy atom. The van der Waals surface area contributed by atoms with Gasteiger partial charge in [0.1, 0.15) is 6.10 Å². The lowest BCUT2D eigenvalue weighted by molar-refractivity contribution is 0.0508. The molecule has 80 valence electrons. The first-order valence-corrected chi connectivity index (χ1v) is 4.28. The minimum absolute atomic E-state index is 0.0514. The van der Waals surface area contributed by atoms with Gasteiger partial charge in [0.2, 0.25) is 0 Å². The molecule has 2 unspecified atom stereocenters. The molecule has 0 aliphatic carbocycles. The van der Waals surface area contributed by atoms with Crippen LogP contribution in [0.25, 0.3) is 0 Å². The topological polar surface area (TPSA) is 84.5 Å². The maximum absolute atomic E-state index is 13.0. The zero-order valence-corrected chi connectivity index (χ0v) is 8.11. The second kappa shape index (κ2) is 4.45. The van der Waals surface area contributed by atoms with Crippen LogP contribution in [0.3, 0.4) is 0 Å². The maximum Gasteiger partial charge on any atom is 0.170 e. The first-order valence-electron chi connectivity index (χ1n) is 3.91. The summed E-state index contributed by atoms with van der Waals surface area (Å²) in [6, 6.07) is 3.29. The minimum atomic E-state index is -1.76. The molecule has 1 aromatic carbocycles. The molecule has 3 N–H and O–H groups in total. The molecule has 0 aliphatic rings. The molecule has 0 radical (unpaired) electrons. The molecular formula is C9H7ClFNO3. The van der Waals surface area contributed by atoms with E-state index in [4.69, 9.17) is 22.0 Å². The van der Waals surface area contributed by atoms with Crippen LogP contribution in [0, 0.1) is 17.1 Å². The summed E-state index contributed by atoms with van der Waals surface area (Å²) in [7, 11) is 0. The van der Waals surface area contributed by atoms with Gasteiger partial charge in [0, 0.05) is 10.6 Å². The van der Waals surface area contributed by atoms with E-state index in [9.17, 15) is 14.6 Å². The highest BCUT2D eigenvalue weighted by molar-refractivity contribution is 6.30. The fourth-order valence-electron chi connectivity index (χ4n) is 1.05. The summed E-state index contributed by atoms with van der Waals surface area (Å²) in [5, 5.41) is 35.9. The summed E-state index contributed by atoms with van der Waals surface area (Å²) in [6.45, 7) is 0. The highest BCUT2D eigenvalue weighted by Crippen LogP contribution is 2.31. The van der Waals surface area contributed by atoms with E-state index in [1.54, 1.807) is 0 Å². The lowest BCUT2D eigenvalue weighted by Gasteiger charge is -2.14. The second-order valence-electron chi connectivity index (χ2n) is 2.84. The largest absolute Gasteiger partial charge is 0.505 e. The van der Waals surface area contributed by atoms with Crippen molar-refractivity contribution in [1.82, 2.24) is 0 Å². The Morgan fingerprint density at radius 1 is 1.40 bits per heavy atom. The lowest BCUT2D eigenvalue weighted by atomic mass is 10.0. The summed E-state index contributed by atoms with van der Waals surface area (Å²) in [5.74, 6) is -1.86. The lowest BCUT2D eigenvalue weighted by Crippen LogP contribution is -2.16. The van der Waals surface area contributed by atoms with Crippen LogP contribution >= 0.6 is 11.6 Å². The molecule has 0 saturated heterocycles. The van der Waals surface area contributed by atoms with Crippen molar-refractivity contribution in [2.45, 2.75) is 12.2 Å². The molecule has 0 spiro atoms. The number of rotatable bonds is 2. The number of nitrogens with zero attached hydrogens (tertiary/aromatic N) is 1. The predicted octanol–water partition coefficient (Wildman–Crippen LogP) is 1.10. The van der Waals surface area contributed by atoms with Crippen LogP contribution in [0.4, 0.5) is 4.39 Å². The molecule has 0 aromatic heterocycles. The molecule has 0 amide bonds. The fraction of sp³-hybridized carbons (Fsp3) is 0.222. The van der Waals surface area contributed by atoms with Crippen molar-refractivity contribution in [3.05, 3.63) is 28.5 Å². The average molecular weight is 232 g/mol. The Labute approximate surface area is 89.8 Å². The number of nitriles is 1. The molecule has 0 bridgehead atoms. The van der Waals surface area contributed by atoms with Gasteiger partial charge >= 0.3 is 0 Å². The van der Waals surface area contributed by atoms with E-state index in [-0.39, 0.29) is 10.6 Å². The Kier molecular flexibility index (Phi) is 3.48. The van der Waals surface area contributed by atoms with Crippen molar-refractivity contribution in [2.75, 3.05) is 0 Å². The van der Waals surface area contributed by atoms with E-state index in [1.807, 2.05) is 0 Å². The molecule has 1 aromatic rings. The van der Waals surface area contributed by atoms with E-state index in [0.717, 1.165) is 12.1 Å². The monoisotopic (exact) mass is 231 g/mol. The number of aliphatic hydroxyl groups excluding tert-OH is 2. The number of halogens is 2. The van der Waals surface area contributed by atoms with Gasteiger partial charge in [-0.15, -0.1) is 0 Å². The van der Waals surface area contributed by atoms with E-state index in [1.165, 1.54) is 6.07 Å². The molecule has 4 nitrogen and oxygen atoms in total. The number of phenolic OH excluding ortho intramolecular Hbond substituents is 1. The maximum atomic E-state index is 13.0. The molecule has 0 fully saturated rings. The third-order valence-electron chi connectivity index (χ3n) is 1.81. The molecule has 0 aliphatic heterocycles. The van der Waals surface area contributed by atoms with Crippen molar-refractivity contribution in [3.8, 4) is 11.8 Å². The van der Waals surface area contributed by atoms with E-state index >= 15 is 0 Å². The smallest absolute Gasteiger partial charge is 0.170 e. The van der Waals surface area contributed by atoms with Crippen molar-refractivity contribution < 1.29 is 19.7 Å². The van der Waals surface area contributed by atoms with Gasteiger partial charge in [-0.1, -0.05) is 11.6 Å². The van der Waals surface area contributed by atoms with Crippen molar-refractivity contribution in [1.29, 1.82) is 5.26 Å². The summed E-state index contributed by atoms with van der Waals surface area (Å²) in [5.41, 5.74) is -0.325. The molecule has 6 heteroatoms. The van der Waals surface area contributed by atoms with Gasteiger partial charge in [0.25, 0.3) is 0 Å². The van der Waals surface area contributed by atoms with Gasteiger partial charge in [-0.05, 0) is 12.1 Å². The van der Waals surface area contributed by atoms with Crippen LogP contribution in [-0.2, 0) is 0 Å². The van der Waals surface area contributed by atoms with Gasteiger partial charge in [-0.3, -0.25) is 0 Å². The van der Waals surface area contributed by atoms with Gasteiger partial charge in [0.05, 0.1) is 6.07 Å². The zero-order chi connectivity index (χ0) is 11.6. The standard InChI is InChI=1S/C9H7ClFNO3/c10-4-1-5(8(14)6(11)2-4)9(15)7(13)3-12/h1-2,7,9,13-15H. The first kappa shape index (κ1) is 11.7. The number of phenols is 1. The first-order chi connectivity index (χ1) is 6.97. The molecule has 2 atom stereocenters. The molecule has 0 heterocycles. The third kappa shape index (κ3) is 2.36. The Hall–Kier alpha value is -1.35. The molecule has 1 rings (SSSR count). The van der Waals surface area contributed by atoms with Crippen LogP contribution in [0.1, 0.15) is 11.7 Å². The van der Waals surface area contributed by atoms with Gasteiger partial charge in [-0.25, -0.2) is 4.39 Å². The number of aliphatic hydroxyl groups is 2. The van der Waals surface area contributed by atoms with Crippen molar-refractivity contribution in [3.63, 3.8) is 0 Å². The van der Waals surface area contributed by atoms with E-state index in [0.29, 0.717) is 0 Å². The predicted molar refractivity (Wildman–Crippen MR) is 49.7 cm³/mol. The second-order valence-corrected chi connectivity index (χ2v) is 3.28. The quantitative estimate of drug-likeness (QED) is 0.666. The summed E-state index contributed by atoms with van der Waals surface area (Å²) in [6.07, 6.45) is -3.46. The Balaban J connectivity index is 3.20. The Bertz CT molecular complexity index is 419. The van der Waals surface area contributed by atoms with Crippen LogP contribution in [0.2, 0.25) is 5.02 Å². The van der Waals surface area contributed by atoms with Crippen LogP contribution in [0.15, 0.2) is 12.1 Å². The number of benzene rings is 1. The van der Waals surface area contributed by atoms with Crippen LogP contribution in [0.5, 0.6) is 5.75 Å². The highest BCUT2D eigenvalue weighted by atomic mass is 35.5. The average Bonchev–Trinajstić information content (AvgIpc) is 2.21. The molecular weight excluding hydrogens is 225 g/mol. The van der Waals surface area contributed by atoms with Gasteiger partial charge in [0.15, 0.2) is 17.7 Å². The SMILES string of the molecule is N#CC(O)C(O)c1cc(Cl)cc(F)c1O. The van der Waals surface area contributed by atoms with Gasteiger partial charge in [-0.2, -0.15) is 5.26 Å². The number of hydrogen-bond donors (Lipinski definition) is 3. The van der Waals surface area contributed by atoms with E-state index in [2.05, 4.69) is 0 Å². The summed E-state index contributed by atoms with van der Waals surface area (Å²) >= 11 is 5.49. The van der Waals surface area contributed by atoms with Crippen molar-refractivity contribution in [2.24, 2.45) is 0 Å². The normalized spacial score (nSPS) is 14.3. The minimum Gasteiger partial charge on any atom is -0.505 e. The summed E-state index contributed by atoms with van der Waals surface area (Å²) in [4.78, 5) is 0. The summed E-state index contributed by atoms with van der Waals surface area (Å²) < 4.78 is 13.0. The third-order valence-corrected chi connectivity index (χ3v) is 2.03. The number of aromatic hydroxyl groups is 1. The molecule has 0 saturated carbocycles. The van der Waals surface area contributed by atoms with Gasteiger partial charge < -0.3 is 15.3 Å². The molecule has 15 heavy (non-hydrogen) atoms. The highest BCUT2D eigenvalue weighted by Gasteiger charge is 2.23. The zero-order valence-electron chi connectivity index (χ0n) is 7.35. The van der Waals surface area contributed by atoms with Crippen molar-refractivity contribution >= 4 is 11.6 Å². The van der Waals surface area contributed by atoms with E-state index < -0.39 is 23.8 Å². The fourth-order valence-corrected chi connectivity index (χ4v) is 1.27. The number of hydrogen-bond acceptors (Lipinski definition) is 4. The van der Waals surface area contributed by atoms with Crippen LogP contribution in [-0.4, -0.2) is 21.4 Å².